The predicted molar refractivity (Wildman–Crippen MR) is 73.1 cm³/mol. The van der Waals surface area contributed by atoms with Crippen molar-refractivity contribution >= 4 is 29.4 Å². The first-order valence-corrected chi connectivity index (χ1v) is 6.00. The van der Waals surface area contributed by atoms with Gasteiger partial charge in [-0.2, -0.15) is 0 Å². The van der Waals surface area contributed by atoms with Crippen LogP contribution in [0.4, 0.5) is 0 Å². The Morgan fingerprint density at radius 2 is 2.12 bits per heavy atom. The summed E-state index contributed by atoms with van der Waals surface area (Å²) in [5.41, 5.74) is 1.12. The minimum Gasteiger partial charge on any atom is -0.297 e. The van der Waals surface area contributed by atoms with Crippen molar-refractivity contribution in [3.8, 4) is 0 Å². The molecule has 1 rings (SSSR count). The molecule has 0 aliphatic heterocycles. The lowest BCUT2D eigenvalue weighted by atomic mass is 9.97. The molecule has 1 atom stereocenters. The molecular formula is C13H15Cl2N. The first-order valence-electron chi connectivity index (χ1n) is 5.24. The number of benzene rings is 1. The first kappa shape index (κ1) is 13.3. The molecule has 0 saturated heterocycles. The topological polar surface area (TPSA) is 12.4 Å². The normalized spacial score (nSPS) is 12.9. The lowest BCUT2D eigenvalue weighted by molar-refractivity contribution is 0.918. The van der Waals surface area contributed by atoms with E-state index in [1.807, 2.05) is 37.4 Å². The Morgan fingerprint density at radius 1 is 1.38 bits per heavy atom. The fraction of sp³-hybridized carbons (Fsp3) is 0.308. The average molecular weight is 256 g/mol. The summed E-state index contributed by atoms with van der Waals surface area (Å²) in [6.07, 6.45) is 4.68. The molecular weight excluding hydrogens is 241 g/mol. The van der Waals surface area contributed by atoms with Gasteiger partial charge in [0.25, 0.3) is 0 Å². The van der Waals surface area contributed by atoms with Crippen molar-refractivity contribution in [3.05, 3.63) is 46.5 Å². The molecule has 3 heteroatoms. The maximum Gasteiger partial charge on any atom is 0.0595 e. The number of hydrogen-bond donors (Lipinski definition) is 0. The van der Waals surface area contributed by atoms with Crippen LogP contribution in [0.25, 0.3) is 0 Å². The van der Waals surface area contributed by atoms with E-state index in [1.54, 1.807) is 0 Å². The Morgan fingerprint density at radius 3 is 2.69 bits per heavy atom. The lowest BCUT2D eigenvalue weighted by Gasteiger charge is -2.11. The van der Waals surface area contributed by atoms with Crippen molar-refractivity contribution in [1.82, 2.24) is 0 Å². The highest BCUT2D eigenvalue weighted by Crippen LogP contribution is 2.27. The van der Waals surface area contributed by atoms with Crippen LogP contribution in [0, 0.1) is 0 Å². The van der Waals surface area contributed by atoms with E-state index in [-0.39, 0.29) is 5.92 Å². The molecule has 1 nitrogen and oxygen atoms in total. The fourth-order valence-electron chi connectivity index (χ4n) is 1.44. The highest BCUT2D eigenvalue weighted by molar-refractivity contribution is 6.42. The van der Waals surface area contributed by atoms with Gasteiger partial charge in [0, 0.05) is 18.7 Å². The molecule has 0 bridgehead atoms. The van der Waals surface area contributed by atoms with Gasteiger partial charge in [-0.25, -0.2) is 0 Å². The largest absolute Gasteiger partial charge is 0.297 e. The number of allylic oxidation sites excluding steroid dienone is 1. The molecule has 1 unspecified atom stereocenters. The Balaban J connectivity index is 2.95. The summed E-state index contributed by atoms with van der Waals surface area (Å²) < 4.78 is 0. The Bertz CT molecular complexity index is 386. The van der Waals surface area contributed by atoms with E-state index in [4.69, 9.17) is 23.2 Å². The third-order valence-corrected chi connectivity index (χ3v) is 3.00. The van der Waals surface area contributed by atoms with Gasteiger partial charge < -0.3 is 0 Å². The maximum atomic E-state index is 5.99. The highest BCUT2D eigenvalue weighted by Gasteiger charge is 2.08. The van der Waals surface area contributed by atoms with E-state index < -0.39 is 0 Å². The lowest BCUT2D eigenvalue weighted by Crippen LogP contribution is -1.99. The van der Waals surface area contributed by atoms with Crippen molar-refractivity contribution in [3.63, 3.8) is 0 Å². The van der Waals surface area contributed by atoms with Gasteiger partial charge in [0.2, 0.25) is 0 Å². The summed E-state index contributed by atoms with van der Waals surface area (Å²) in [6.45, 7) is 6.55. The Hall–Kier alpha value is -0.790. The first-order chi connectivity index (χ1) is 7.69. The van der Waals surface area contributed by atoms with E-state index in [0.29, 0.717) is 10.0 Å². The standard InChI is InChI=1S/C13H15Cl2N/c1-3-5-11(9-16-4-2)10-6-7-12(14)13(15)8-10/h3,6-9,11H,1,4-5H2,2H3. The van der Waals surface area contributed by atoms with E-state index in [9.17, 15) is 0 Å². The number of halogens is 2. The van der Waals surface area contributed by atoms with E-state index in [0.717, 1.165) is 18.5 Å². The van der Waals surface area contributed by atoms with Gasteiger partial charge in [0.1, 0.15) is 0 Å². The average Bonchev–Trinajstić information content (AvgIpc) is 2.28. The van der Waals surface area contributed by atoms with Crippen molar-refractivity contribution in [2.75, 3.05) is 6.54 Å². The zero-order valence-electron chi connectivity index (χ0n) is 9.29. The minimum atomic E-state index is 0.229. The van der Waals surface area contributed by atoms with Crippen LogP contribution in [-0.2, 0) is 0 Å². The summed E-state index contributed by atoms with van der Waals surface area (Å²) in [5, 5.41) is 1.16. The van der Waals surface area contributed by atoms with Gasteiger partial charge in [-0.1, -0.05) is 35.3 Å². The van der Waals surface area contributed by atoms with Crippen molar-refractivity contribution < 1.29 is 0 Å². The summed E-state index contributed by atoms with van der Waals surface area (Å²) in [7, 11) is 0. The summed E-state index contributed by atoms with van der Waals surface area (Å²) in [5.74, 6) is 0.229. The van der Waals surface area contributed by atoms with Crippen molar-refractivity contribution in [2.45, 2.75) is 19.3 Å². The van der Waals surface area contributed by atoms with E-state index in [1.165, 1.54) is 0 Å². The minimum absolute atomic E-state index is 0.229. The molecule has 0 aromatic heterocycles. The van der Waals surface area contributed by atoms with Crippen LogP contribution >= 0.6 is 23.2 Å². The van der Waals surface area contributed by atoms with Gasteiger partial charge >= 0.3 is 0 Å². The van der Waals surface area contributed by atoms with Crippen molar-refractivity contribution in [1.29, 1.82) is 0 Å². The predicted octanol–water partition coefficient (Wildman–Crippen LogP) is 4.74. The molecule has 0 heterocycles. The molecule has 0 amide bonds. The van der Waals surface area contributed by atoms with Crippen LogP contribution in [0.2, 0.25) is 10.0 Å². The molecule has 0 radical (unpaired) electrons. The maximum absolute atomic E-state index is 5.99. The van der Waals surface area contributed by atoms with Crippen LogP contribution < -0.4 is 0 Å². The zero-order valence-corrected chi connectivity index (χ0v) is 10.8. The molecule has 86 valence electrons. The summed E-state index contributed by atoms with van der Waals surface area (Å²) in [6, 6.07) is 5.68. The van der Waals surface area contributed by atoms with Crippen LogP contribution in [-0.4, -0.2) is 12.8 Å². The smallest absolute Gasteiger partial charge is 0.0595 e. The monoisotopic (exact) mass is 255 g/mol. The third kappa shape index (κ3) is 3.66. The molecule has 1 aromatic carbocycles. The third-order valence-electron chi connectivity index (χ3n) is 2.26. The quantitative estimate of drug-likeness (QED) is 0.532. The van der Waals surface area contributed by atoms with Crippen LogP contribution in [0.1, 0.15) is 24.8 Å². The van der Waals surface area contributed by atoms with Crippen LogP contribution in [0.5, 0.6) is 0 Å². The zero-order chi connectivity index (χ0) is 12.0. The number of aliphatic imine (C=N–C) groups is 1. The molecule has 0 N–H and O–H groups in total. The molecule has 0 saturated carbocycles. The van der Waals surface area contributed by atoms with Crippen LogP contribution in [0.3, 0.4) is 0 Å². The fourth-order valence-corrected chi connectivity index (χ4v) is 1.74. The SMILES string of the molecule is C=CCC(C=NCC)c1ccc(Cl)c(Cl)c1. The molecule has 0 fully saturated rings. The molecule has 0 aliphatic carbocycles. The van der Waals surface area contributed by atoms with Gasteiger partial charge in [-0.15, -0.1) is 6.58 Å². The van der Waals surface area contributed by atoms with E-state index >= 15 is 0 Å². The second-order valence-corrected chi connectivity index (χ2v) is 4.27. The van der Waals surface area contributed by atoms with Gasteiger partial charge in [-0.3, -0.25) is 4.99 Å². The van der Waals surface area contributed by atoms with Crippen molar-refractivity contribution in [2.24, 2.45) is 4.99 Å². The van der Waals surface area contributed by atoms with Crippen LogP contribution in [0.15, 0.2) is 35.8 Å². The van der Waals surface area contributed by atoms with E-state index in [2.05, 4.69) is 11.6 Å². The molecule has 0 aliphatic rings. The summed E-state index contributed by atoms with van der Waals surface area (Å²) >= 11 is 11.9. The van der Waals surface area contributed by atoms with Gasteiger partial charge in [-0.05, 0) is 31.0 Å². The second kappa shape index (κ2) is 6.72. The second-order valence-electron chi connectivity index (χ2n) is 3.45. The summed E-state index contributed by atoms with van der Waals surface area (Å²) in [4.78, 5) is 4.27. The van der Waals surface area contributed by atoms with Gasteiger partial charge in [0.05, 0.1) is 10.0 Å². The number of nitrogens with zero attached hydrogens (tertiary/aromatic N) is 1. The molecule has 0 spiro atoms. The molecule has 1 aromatic rings. The molecule has 16 heavy (non-hydrogen) atoms. The Kier molecular flexibility index (Phi) is 5.58. The number of hydrogen-bond acceptors (Lipinski definition) is 1. The Labute approximate surface area is 107 Å². The number of rotatable bonds is 5. The highest BCUT2D eigenvalue weighted by atomic mass is 35.5. The van der Waals surface area contributed by atoms with Gasteiger partial charge in [0.15, 0.2) is 0 Å².